The monoisotopic (exact) mass is 303 g/mol. The summed E-state index contributed by atoms with van der Waals surface area (Å²) in [6.45, 7) is 5.12. The van der Waals surface area contributed by atoms with Crippen molar-refractivity contribution in [2.75, 3.05) is 13.1 Å². The molecule has 116 valence electrons. The summed E-state index contributed by atoms with van der Waals surface area (Å²) >= 11 is 0. The highest BCUT2D eigenvalue weighted by Crippen LogP contribution is 2.05. The van der Waals surface area contributed by atoms with E-state index in [0.29, 0.717) is 13.1 Å². The van der Waals surface area contributed by atoms with E-state index in [0.717, 1.165) is 5.56 Å². The minimum Gasteiger partial charge on any atom is -0.338 e. The second kappa shape index (κ2) is 6.98. The smallest absolute Gasteiger partial charge is 0.274 e. The molecule has 0 fully saturated rings. The average molecular weight is 303 g/mol. The maximum atomic E-state index is 12.9. The summed E-state index contributed by atoms with van der Waals surface area (Å²) < 4.78 is 14.1. The van der Waals surface area contributed by atoms with Crippen LogP contribution in [-0.4, -0.2) is 33.7 Å². The van der Waals surface area contributed by atoms with Crippen molar-refractivity contribution in [3.8, 4) is 0 Å². The highest BCUT2D eigenvalue weighted by atomic mass is 19.1. The zero-order chi connectivity index (χ0) is 16.1. The van der Waals surface area contributed by atoms with Crippen LogP contribution < -0.4 is 5.56 Å². The van der Waals surface area contributed by atoms with Gasteiger partial charge in [0.1, 0.15) is 11.5 Å². The molecule has 0 atom stereocenters. The Labute approximate surface area is 128 Å². The van der Waals surface area contributed by atoms with Crippen molar-refractivity contribution in [2.45, 2.75) is 20.4 Å². The molecule has 0 unspecified atom stereocenters. The Morgan fingerprint density at radius 1 is 1.14 bits per heavy atom. The summed E-state index contributed by atoms with van der Waals surface area (Å²) in [4.78, 5) is 25.8. The van der Waals surface area contributed by atoms with E-state index in [1.165, 1.54) is 28.9 Å². The third-order valence-corrected chi connectivity index (χ3v) is 3.38. The van der Waals surface area contributed by atoms with Gasteiger partial charge in [0, 0.05) is 19.2 Å². The molecule has 0 bridgehead atoms. The van der Waals surface area contributed by atoms with Crippen molar-refractivity contribution in [1.82, 2.24) is 14.7 Å². The van der Waals surface area contributed by atoms with E-state index in [1.54, 1.807) is 17.0 Å². The van der Waals surface area contributed by atoms with Crippen molar-refractivity contribution in [2.24, 2.45) is 0 Å². The molecule has 1 aromatic heterocycles. The first-order chi connectivity index (χ1) is 10.5. The van der Waals surface area contributed by atoms with Crippen LogP contribution in [-0.2, 0) is 6.54 Å². The fourth-order valence-corrected chi connectivity index (χ4v) is 2.11. The van der Waals surface area contributed by atoms with Crippen molar-refractivity contribution < 1.29 is 9.18 Å². The van der Waals surface area contributed by atoms with Gasteiger partial charge in [-0.1, -0.05) is 12.1 Å². The molecule has 0 aliphatic carbocycles. The highest BCUT2D eigenvalue weighted by Gasteiger charge is 2.15. The molecular formula is C16H18FN3O2. The number of hydrogen-bond acceptors (Lipinski definition) is 3. The molecule has 0 aliphatic rings. The summed E-state index contributed by atoms with van der Waals surface area (Å²) in [6.07, 6.45) is 0. The maximum Gasteiger partial charge on any atom is 0.274 e. The Morgan fingerprint density at radius 3 is 2.36 bits per heavy atom. The standard InChI is InChI=1S/C16H18FN3O2/c1-3-19(4-2)16(22)14-9-10-15(21)20(18-14)11-12-5-7-13(17)8-6-12/h5-10H,3-4,11H2,1-2H3. The minimum absolute atomic E-state index is 0.193. The first-order valence-electron chi connectivity index (χ1n) is 7.17. The van der Waals surface area contributed by atoms with Crippen LogP contribution in [0.25, 0.3) is 0 Å². The number of aromatic nitrogens is 2. The molecule has 1 amide bonds. The fourth-order valence-electron chi connectivity index (χ4n) is 2.11. The number of benzene rings is 1. The molecule has 0 aliphatic heterocycles. The molecule has 0 saturated carbocycles. The van der Waals surface area contributed by atoms with Gasteiger partial charge < -0.3 is 4.90 Å². The summed E-state index contributed by atoms with van der Waals surface area (Å²) in [5.41, 5.74) is 0.661. The van der Waals surface area contributed by atoms with Gasteiger partial charge in [-0.05, 0) is 37.6 Å². The van der Waals surface area contributed by atoms with E-state index in [1.807, 2.05) is 13.8 Å². The number of halogens is 1. The SMILES string of the molecule is CCN(CC)C(=O)c1ccc(=O)n(Cc2ccc(F)cc2)n1. The first kappa shape index (κ1) is 15.9. The van der Waals surface area contributed by atoms with Crippen LogP contribution in [0.4, 0.5) is 4.39 Å². The quantitative estimate of drug-likeness (QED) is 0.848. The van der Waals surface area contributed by atoms with Crippen molar-refractivity contribution >= 4 is 5.91 Å². The Bertz CT molecular complexity index is 706. The summed E-state index contributed by atoms with van der Waals surface area (Å²) in [6, 6.07) is 8.58. The van der Waals surface area contributed by atoms with Crippen LogP contribution in [0, 0.1) is 5.82 Å². The van der Waals surface area contributed by atoms with Gasteiger partial charge in [0.05, 0.1) is 6.54 Å². The molecule has 1 aromatic carbocycles. The predicted molar refractivity (Wildman–Crippen MR) is 81.3 cm³/mol. The molecule has 0 radical (unpaired) electrons. The Kier molecular flexibility index (Phi) is 5.04. The van der Waals surface area contributed by atoms with Gasteiger partial charge in [-0.15, -0.1) is 0 Å². The molecule has 0 N–H and O–H groups in total. The molecule has 0 spiro atoms. The topological polar surface area (TPSA) is 55.2 Å². The number of carbonyl (C=O) groups excluding carboxylic acids is 1. The third-order valence-electron chi connectivity index (χ3n) is 3.38. The molecule has 6 heteroatoms. The number of amides is 1. The fraction of sp³-hybridized carbons (Fsp3) is 0.312. The third kappa shape index (κ3) is 3.58. The van der Waals surface area contributed by atoms with Crippen LogP contribution in [0.2, 0.25) is 0 Å². The lowest BCUT2D eigenvalue weighted by atomic mass is 10.2. The van der Waals surface area contributed by atoms with Gasteiger partial charge >= 0.3 is 0 Å². The zero-order valence-corrected chi connectivity index (χ0v) is 12.6. The normalized spacial score (nSPS) is 10.5. The first-order valence-corrected chi connectivity index (χ1v) is 7.17. The van der Waals surface area contributed by atoms with E-state index >= 15 is 0 Å². The van der Waals surface area contributed by atoms with Gasteiger partial charge in [0.25, 0.3) is 11.5 Å². The molecular weight excluding hydrogens is 285 g/mol. The lowest BCUT2D eigenvalue weighted by Gasteiger charge is -2.18. The largest absolute Gasteiger partial charge is 0.338 e. The van der Waals surface area contributed by atoms with E-state index in [4.69, 9.17) is 0 Å². The van der Waals surface area contributed by atoms with Gasteiger partial charge in [-0.25, -0.2) is 9.07 Å². The Morgan fingerprint density at radius 2 is 1.77 bits per heavy atom. The van der Waals surface area contributed by atoms with Gasteiger partial charge in [-0.3, -0.25) is 9.59 Å². The molecule has 0 saturated heterocycles. The van der Waals surface area contributed by atoms with Gasteiger partial charge in [0.15, 0.2) is 0 Å². The Hall–Kier alpha value is -2.50. The lowest BCUT2D eigenvalue weighted by Crippen LogP contribution is -2.33. The summed E-state index contributed by atoms with van der Waals surface area (Å²) in [5, 5.41) is 4.13. The van der Waals surface area contributed by atoms with Crippen molar-refractivity contribution in [3.63, 3.8) is 0 Å². The van der Waals surface area contributed by atoms with Crippen LogP contribution in [0.1, 0.15) is 29.9 Å². The zero-order valence-electron chi connectivity index (χ0n) is 12.6. The van der Waals surface area contributed by atoms with E-state index in [2.05, 4.69) is 5.10 Å². The summed E-state index contributed by atoms with van der Waals surface area (Å²) in [5.74, 6) is -0.549. The highest BCUT2D eigenvalue weighted by molar-refractivity contribution is 5.92. The van der Waals surface area contributed by atoms with Gasteiger partial charge in [0.2, 0.25) is 0 Å². The second-order valence-corrected chi connectivity index (χ2v) is 4.82. The summed E-state index contributed by atoms with van der Waals surface area (Å²) in [7, 11) is 0. The number of rotatable bonds is 5. The number of hydrogen-bond donors (Lipinski definition) is 0. The van der Waals surface area contributed by atoms with Crippen LogP contribution in [0.15, 0.2) is 41.2 Å². The Balaban J connectivity index is 2.29. The van der Waals surface area contributed by atoms with Gasteiger partial charge in [-0.2, -0.15) is 5.10 Å². The maximum absolute atomic E-state index is 12.9. The second-order valence-electron chi connectivity index (χ2n) is 4.82. The van der Waals surface area contributed by atoms with E-state index in [9.17, 15) is 14.0 Å². The molecule has 1 heterocycles. The molecule has 22 heavy (non-hydrogen) atoms. The lowest BCUT2D eigenvalue weighted by molar-refractivity contribution is 0.0764. The van der Waals surface area contributed by atoms with Crippen LogP contribution in [0.3, 0.4) is 0 Å². The molecule has 2 aromatic rings. The molecule has 2 rings (SSSR count). The van der Waals surface area contributed by atoms with E-state index in [-0.39, 0.29) is 29.5 Å². The molecule has 5 nitrogen and oxygen atoms in total. The average Bonchev–Trinajstić information content (AvgIpc) is 2.52. The minimum atomic E-state index is -0.338. The van der Waals surface area contributed by atoms with Crippen LogP contribution >= 0.6 is 0 Å². The number of nitrogens with zero attached hydrogens (tertiary/aromatic N) is 3. The van der Waals surface area contributed by atoms with Crippen molar-refractivity contribution in [1.29, 1.82) is 0 Å². The van der Waals surface area contributed by atoms with E-state index < -0.39 is 0 Å². The van der Waals surface area contributed by atoms with Crippen molar-refractivity contribution in [3.05, 3.63) is 63.8 Å². The van der Waals surface area contributed by atoms with Crippen LogP contribution in [0.5, 0.6) is 0 Å². The predicted octanol–water partition coefficient (Wildman–Crippen LogP) is 1.91. The number of carbonyl (C=O) groups is 1.